The molecule has 0 N–H and O–H groups in total. The summed E-state index contributed by atoms with van der Waals surface area (Å²) in [4.78, 5) is 0. The molecule has 132 valence electrons. The highest BCUT2D eigenvalue weighted by molar-refractivity contribution is 5.04. The minimum Gasteiger partial charge on any atom is -0.498 e. The van der Waals surface area contributed by atoms with Crippen LogP contribution in [0.15, 0.2) is 11.8 Å². The largest absolute Gasteiger partial charge is 0.498 e. The van der Waals surface area contributed by atoms with Gasteiger partial charge >= 0.3 is 0 Å². The summed E-state index contributed by atoms with van der Waals surface area (Å²) in [5, 5.41) is 0. The Balaban J connectivity index is 1.44. The third-order valence-electron chi connectivity index (χ3n) is 7.17. The van der Waals surface area contributed by atoms with Crippen molar-refractivity contribution in [2.45, 2.75) is 90.9 Å². The van der Waals surface area contributed by atoms with Gasteiger partial charge in [-0.1, -0.05) is 46.0 Å². The van der Waals surface area contributed by atoms with Crippen LogP contribution >= 0.6 is 0 Å². The standard InChI is InChI=1S/C22H38O/c1-3-5-18-8-10-19(11-9-18)21-14-15-22(23-16-21)20-12-6-17(4-2)7-13-20/h15,17-21H,3-14,16H2,1-2H3. The van der Waals surface area contributed by atoms with E-state index >= 15 is 0 Å². The van der Waals surface area contributed by atoms with E-state index in [1.165, 1.54) is 82.8 Å². The van der Waals surface area contributed by atoms with Gasteiger partial charge in [-0.25, -0.2) is 0 Å². The van der Waals surface area contributed by atoms with Crippen molar-refractivity contribution in [2.24, 2.45) is 29.6 Å². The van der Waals surface area contributed by atoms with Crippen molar-refractivity contribution in [3.63, 3.8) is 0 Å². The predicted molar refractivity (Wildman–Crippen MR) is 98.2 cm³/mol. The van der Waals surface area contributed by atoms with Crippen LogP contribution in [-0.2, 0) is 4.74 Å². The highest BCUT2D eigenvalue weighted by atomic mass is 16.5. The zero-order chi connectivity index (χ0) is 16.1. The number of allylic oxidation sites excluding steroid dienone is 2. The van der Waals surface area contributed by atoms with Gasteiger partial charge in [-0.2, -0.15) is 0 Å². The fraction of sp³-hybridized carbons (Fsp3) is 0.909. The first-order chi connectivity index (χ1) is 11.3. The number of hydrogen-bond donors (Lipinski definition) is 0. The molecule has 2 saturated carbocycles. The maximum Gasteiger partial charge on any atom is 0.0951 e. The van der Waals surface area contributed by atoms with Gasteiger partial charge in [0.15, 0.2) is 0 Å². The van der Waals surface area contributed by atoms with Gasteiger partial charge in [0, 0.05) is 5.92 Å². The molecule has 0 spiro atoms. The maximum atomic E-state index is 6.29. The summed E-state index contributed by atoms with van der Waals surface area (Å²) in [7, 11) is 0. The Morgan fingerprint density at radius 1 is 0.870 bits per heavy atom. The molecule has 0 radical (unpaired) electrons. The first-order valence-corrected chi connectivity index (χ1v) is 10.6. The molecule has 1 aliphatic heterocycles. The van der Waals surface area contributed by atoms with Crippen molar-refractivity contribution in [1.29, 1.82) is 0 Å². The smallest absolute Gasteiger partial charge is 0.0951 e. The Labute approximate surface area is 144 Å². The fourth-order valence-corrected chi connectivity index (χ4v) is 5.42. The Hall–Kier alpha value is -0.460. The van der Waals surface area contributed by atoms with E-state index in [2.05, 4.69) is 19.9 Å². The van der Waals surface area contributed by atoms with E-state index in [4.69, 9.17) is 4.74 Å². The summed E-state index contributed by atoms with van der Waals surface area (Å²) in [6.45, 7) is 5.70. The first kappa shape index (κ1) is 17.4. The van der Waals surface area contributed by atoms with Gasteiger partial charge < -0.3 is 4.74 Å². The van der Waals surface area contributed by atoms with Crippen molar-refractivity contribution >= 4 is 0 Å². The van der Waals surface area contributed by atoms with Crippen molar-refractivity contribution in [3.05, 3.63) is 11.8 Å². The molecule has 2 fully saturated rings. The minimum atomic E-state index is 0.749. The summed E-state index contributed by atoms with van der Waals surface area (Å²) in [5.41, 5.74) is 0. The summed E-state index contributed by atoms with van der Waals surface area (Å²) in [5.74, 6) is 5.89. The Bertz CT molecular complexity index is 369. The summed E-state index contributed by atoms with van der Waals surface area (Å²) in [6, 6.07) is 0. The van der Waals surface area contributed by atoms with E-state index in [1.54, 1.807) is 0 Å². The third kappa shape index (κ3) is 4.54. The van der Waals surface area contributed by atoms with Crippen LogP contribution in [0.3, 0.4) is 0 Å². The second kappa shape index (κ2) is 8.58. The molecule has 1 unspecified atom stereocenters. The molecule has 0 aromatic rings. The molecule has 23 heavy (non-hydrogen) atoms. The van der Waals surface area contributed by atoms with Crippen LogP contribution < -0.4 is 0 Å². The van der Waals surface area contributed by atoms with Gasteiger partial charge in [0.2, 0.25) is 0 Å². The van der Waals surface area contributed by atoms with Crippen LogP contribution in [0, 0.1) is 29.6 Å². The molecule has 2 aliphatic carbocycles. The van der Waals surface area contributed by atoms with Gasteiger partial charge in [0.25, 0.3) is 0 Å². The Kier molecular flexibility index (Phi) is 6.48. The molecule has 0 aromatic heterocycles. The molecule has 0 bridgehead atoms. The molecule has 3 rings (SSSR count). The highest BCUT2D eigenvalue weighted by Gasteiger charge is 2.31. The fourth-order valence-electron chi connectivity index (χ4n) is 5.42. The van der Waals surface area contributed by atoms with E-state index in [-0.39, 0.29) is 0 Å². The monoisotopic (exact) mass is 318 g/mol. The molecule has 1 heteroatoms. The molecule has 3 aliphatic rings. The van der Waals surface area contributed by atoms with Gasteiger partial charge in [-0.05, 0) is 74.7 Å². The lowest BCUT2D eigenvalue weighted by atomic mass is 9.73. The number of hydrogen-bond acceptors (Lipinski definition) is 1. The zero-order valence-corrected chi connectivity index (χ0v) is 15.6. The second-order valence-corrected chi connectivity index (χ2v) is 8.61. The molecule has 1 atom stereocenters. The first-order valence-electron chi connectivity index (χ1n) is 10.6. The van der Waals surface area contributed by atoms with Gasteiger partial charge in [0.1, 0.15) is 0 Å². The van der Waals surface area contributed by atoms with E-state index in [0.717, 1.165) is 36.2 Å². The minimum absolute atomic E-state index is 0.749. The van der Waals surface area contributed by atoms with E-state index in [0.29, 0.717) is 0 Å². The van der Waals surface area contributed by atoms with Gasteiger partial charge in [0.05, 0.1) is 12.4 Å². The molecule has 1 heterocycles. The highest BCUT2D eigenvalue weighted by Crippen LogP contribution is 2.41. The Morgan fingerprint density at radius 3 is 2.13 bits per heavy atom. The average molecular weight is 319 g/mol. The zero-order valence-electron chi connectivity index (χ0n) is 15.6. The van der Waals surface area contributed by atoms with Crippen LogP contribution in [0.5, 0.6) is 0 Å². The van der Waals surface area contributed by atoms with Crippen LogP contribution in [0.2, 0.25) is 0 Å². The van der Waals surface area contributed by atoms with Gasteiger partial charge in [-0.15, -0.1) is 0 Å². The van der Waals surface area contributed by atoms with E-state index in [9.17, 15) is 0 Å². The molecule has 1 nitrogen and oxygen atoms in total. The maximum absolute atomic E-state index is 6.29. The van der Waals surface area contributed by atoms with Crippen molar-refractivity contribution in [3.8, 4) is 0 Å². The summed E-state index contributed by atoms with van der Waals surface area (Å²) < 4.78 is 6.29. The van der Waals surface area contributed by atoms with Crippen LogP contribution in [-0.4, -0.2) is 6.61 Å². The molecular weight excluding hydrogens is 280 g/mol. The Morgan fingerprint density at radius 2 is 1.57 bits per heavy atom. The van der Waals surface area contributed by atoms with Crippen molar-refractivity contribution in [1.82, 2.24) is 0 Å². The quantitative estimate of drug-likeness (QED) is 0.546. The molecular formula is C22H38O. The predicted octanol–water partition coefficient (Wildman–Crippen LogP) is 6.73. The summed E-state index contributed by atoms with van der Waals surface area (Å²) >= 11 is 0. The average Bonchev–Trinajstić information content (AvgIpc) is 2.63. The van der Waals surface area contributed by atoms with Gasteiger partial charge in [-0.3, -0.25) is 0 Å². The molecule has 0 saturated heterocycles. The lowest BCUT2D eigenvalue weighted by Crippen LogP contribution is -2.28. The summed E-state index contributed by atoms with van der Waals surface area (Å²) in [6.07, 6.45) is 19.5. The normalized spacial score (nSPS) is 38.7. The van der Waals surface area contributed by atoms with E-state index in [1.807, 2.05) is 0 Å². The lowest BCUT2D eigenvalue weighted by molar-refractivity contribution is 0.0641. The molecule has 0 amide bonds. The SMILES string of the molecule is CCCC1CCC(C2CC=C(C3CCC(CC)CC3)OC2)CC1. The van der Waals surface area contributed by atoms with E-state index < -0.39 is 0 Å². The van der Waals surface area contributed by atoms with Crippen molar-refractivity contribution in [2.75, 3.05) is 6.61 Å². The topological polar surface area (TPSA) is 9.23 Å². The molecule has 0 aromatic carbocycles. The van der Waals surface area contributed by atoms with Crippen molar-refractivity contribution < 1.29 is 4.74 Å². The second-order valence-electron chi connectivity index (χ2n) is 8.61. The number of ether oxygens (including phenoxy) is 1. The lowest BCUT2D eigenvalue weighted by Gasteiger charge is -2.37. The van der Waals surface area contributed by atoms with Crippen LogP contribution in [0.4, 0.5) is 0 Å². The third-order valence-corrected chi connectivity index (χ3v) is 7.17. The number of rotatable bonds is 5. The van der Waals surface area contributed by atoms with Crippen LogP contribution in [0.1, 0.15) is 90.9 Å². The van der Waals surface area contributed by atoms with Crippen LogP contribution in [0.25, 0.3) is 0 Å².